The van der Waals surface area contributed by atoms with Gasteiger partial charge in [0.05, 0.1) is 42.4 Å². The molecule has 0 saturated carbocycles. The largest absolute Gasteiger partial charge is 0.490 e. The van der Waals surface area contributed by atoms with Crippen molar-refractivity contribution >= 4 is 44.1 Å². The Morgan fingerprint density at radius 3 is 2.61 bits per heavy atom. The number of anilines is 2. The first-order valence-corrected chi connectivity index (χ1v) is 18.7. The molecule has 3 amide bonds. The summed E-state index contributed by atoms with van der Waals surface area (Å²) in [5, 5.41) is 17.8. The van der Waals surface area contributed by atoms with E-state index in [9.17, 15) is 23.1 Å². The van der Waals surface area contributed by atoms with E-state index in [-0.39, 0.29) is 42.3 Å². The van der Waals surface area contributed by atoms with E-state index < -0.39 is 34.1 Å². The molecule has 4 atom stereocenters. The van der Waals surface area contributed by atoms with Gasteiger partial charge in [-0.3, -0.25) is 4.79 Å². The third-order valence-corrected chi connectivity index (χ3v) is 10.8. The Balaban J connectivity index is 1.41. The van der Waals surface area contributed by atoms with Gasteiger partial charge in [0.2, 0.25) is 0 Å². The molecule has 0 bridgehead atoms. The average molecular weight is 721 g/mol. The van der Waals surface area contributed by atoms with Crippen molar-refractivity contribution in [3.8, 4) is 5.75 Å². The average Bonchev–Trinajstić information content (AvgIpc) is 3.56. The molecule has 1 aliphatic rings. The quantitative estimate of drug-likeness (QED) is 0.221. The van der Waals surface area contributed by atoms with Crippen LogP contribution in [0.15, 0.2) is 78.2 Å². The van der Waals surface area contributed by atoms with E-state index >= 15 is 0 Å². The monoisotopic (exact) mass is 720 g/mol. The van der Waals surface area contributed by atoms with Gasteiger partial charge in [-0.1, -0.05) is 43.3 Å². The molecule has 3 aromatic carbocycles. The molecule has 1 aromatic heterocycles. The molecule has 0 aliphatic carbocycles. The predicted octanol–water partition coefficient (Wildman–Crippen LogP) is 5.33. The second-order valence-electron chi connectivity index (χ2n) is 13.3. The molecular weight excluding hydrogens is 673 g/mol. The fraction of sp³-hybridized carbons (Fsp3) is 0.432. The molecular formula is C37H48N6O7S. The van der Waals surface area contributed by atoms with Crippen LogP contribution in [0.4, 0.5) is 16.2 Å². The smallest absolute Gasteiger partial charge is 0.323 e. The summed E-state index contributed by atoms with van der Waals surface area (Å²) in [6.45, 7) is 5.84. The molecule has 0 fully saturated rings. The summed E-state index contributed by atoms with van der Waals surface area (Å²) in [5.41, 5.74) is 1.25. The van der Waals surface area contributed by atoms with Crippen LogP contribution < -0.4 is 15.4 Å². The molecule has 13 nitrogen and oxygen atoms in total. The number of sulfonamides is 1. The van der Waals surface area contributed by atoms with E-state index in [0.29, 0.717) is 30.2 Å². The van der Waals surface area contributed by atoms with Crippen LogP contribution in [0.3, 0.4) is 0 Å². The highest BCUT2D eigenvalue weighted by atomic mass is 32.2. The summed E-state index contributed by atoms with van der Waals surface area (Å²) in [6, 6.07) is 17.3. The van der Waals surface area contributed by atoms with E-state index in [0.717, 1.165) is 23.6 Å². The van der Waals surface area contributed by atoms with Gasteiger partial charge >= 0.3 is 6.03 Å². The number of fused-ring (bicyclic) bond motifs is 2. The van der Waals surface area contributed by atoms with Gasteiger partial charge in [-0.2, -0.15) is 4.31 Å². The third kappa shape index (κ3) is 9.25. The van der Waals surface area contributed by atoms with Gasteiger partial charge in [-0.05, 0) is 62.8 Å². The van der Waals surface area contributed by atoms with Crippen LogP contribution >= 0.6 is 0 Å². The lowest BCUT2D eigenvalue weighted by Crippen LogP contribution is -2.48. The van der Waals surface area contributed by atoms with E-state index in [2.05, 4.69) is 15.6 Å². The minimum absolute atomic E-state index is 0.0333. The van der Waals surface area contributed by atoms with E-state index in [1.54, 1.807) is 41.6 Å². The molecule has 0 spiro atoms. The Morgan fingerprint density at radius 1 is 1.10 bits per heavy atom. The van der Waals surface area contributed by atoms with Crippen molar-refractivity contribution in [3.63, 3.8) is 0 Å². The molecule has 0 saturated heterocycles. The Morgan fingerprint density at radius 2 is 1.86 bits per heavy atom. The third-order valence-electron chi connectivity index (χ3n) is 9.14. The number of carbonyl (C=O) groups is 2. The normalized spacial score (nSPS) is 19.9. The molecule has 0 unspecified atom stereocenters. The van der Waals surface area contributed by atoms with Gasteiger partial charge in [-0.25, -0.2) is 18.2 Å². The number of aryl methyl sites for hydroxylation is 1. The van der Waals surface area contributed by atoms with E-state index in [4.69, 9.17) is 9.47 Å². The Bertz CT molecular complexity index is 1930. The number of hydrogen-bond donors (Lipinski definition) is 3. The van der Waals surface area contributed by atoms with Gasteiger partial charge in [0.15, 0.2) is 5.03 Å². The SMILES string of the molecule is C[C@H](CO)N1C[C@H](C)[C@@H](CN(C)S(=O)(=O)c2cn(C)cn2)OCCCC[C@H](C)Oc2ccc(NC(=O)Nc3cccc4ccccc34)cc2C1=O. The van der Waals surface area contributed by atoms with Gasteiger partial charge in [0, 0.05) is 57.0 Å². The van der Waals surface area contributed by atoms with Crippen molar-refractivity contribution < 1.29 is 32.6 Å². The molecule has 5 rings (SSSR count). The number of amides is 3. The lowest BCUT2D eigenvalue weighted by molar-refractivity contribution is -0.00835. The second kappa shape index (κ2) is 16.7. The zero-order valence-electron chi connectivity index (χ0n) is 29.8. The number of ether oxygens (including phenoxy) is 2. The summed E-state index contributed by atoms with van der Waals surface area (Å²) < 4.78 is 42.1. The number of likely N-dealkylation sites (N-methyl/N-ethyl adjacent to an activating group) is 1. The lowest BCUT2D eigenvalue weighted by atomic mass is 10.0. The number of nitrogens with one attached hydrogen (secondary N) is 2. The standard InChI is InChI=1S/C37H48N6O7S/c1-25-20-43(26(2)23-44)36(45)31-19-29(39-37(46)40-32-15-10-13-28-12-6-7-14-30(28)32)16-17-33(31)50-27(3)11-8-9-18-49-34(25)21-42(5)51(47,48)35-22-41(4)24-38-35/h6-7,10,12-17,19,22,24-27,34,44H,8-9,11,18,20-21,23H2,1-5H3,(H2,39,40,46)/t25-,26+,27-,34+/m0/s1. The Kier molecular flexibility index (Phi) is 12.3. The van der Waals surface area contributed by atoms with Crippen molar-refractivity contribution in [2.24, 2.45) is 13.0 Å². The number of aliphatic hydroxyl groups is 1. The van der Waals surface area contributed by atoms with Crippen LogP contribution in [-0.2, 0) is 21.8 Å². The maximum Gasteiger partial charge on any atom is 0.323 e. The van der Waals surface area contributed by atoms with Crippen LogP contribution in [0.25, 0.3) is 10.8 Å². The first kappa shape index (κ1) is 37.7. The number of aromatic nitrogens is 2. The molecule has 0 radical (unpaired) electrons. The second-order valence-corrected chi connectivity index (χ2v) is 15.3. The number of aliphatic hydroxyl groups excluding tert-OH is 1. The van der Waals surface area contributed by atoms with Crippen molar-refractivity contribution in [3.05, 3.63) is 78.8 Å². The Labute approximate surface area is 299 Å². The van der Waals surface area contributed by atoms with Gasteiger partial charge < -0.3 is 34.7 Å². The molecule has 2 heterocycles. The van der Waals surface area contributed by atoms with E-state index in [1.165, 1.54) is 23.9 Å². The number of benzene rings is 3. The van der Waals surface area contributed by atoms with Crippen molar-refractivity contribution in [2.45, 2.75) is 63.3 Å². The highest BCUT2D eigenvalue weighted by molar-refractivity contribution is 7.89. The number of imidazole rings is 1. The first-order chi connectivity index (χ1) is 24.4. The van der Waals surface area contributed by atoms with Crippen LogP contribution in [0.1, 0.15) is 50.4 Å². The number of hydrogen-bond acceptors (Lipinski definition) is 8. The molecule has 1 aliphatic heterocycles. The zero-order valence-corrected chi connectivity index (χ0v) is 30.6. The van der Waals surface area contributed by atoms with Crippen molar-refractivity contribution in [1.29, 1.82) is 0 Å². The molecule has 51 heavy (non-hydrogen) atoms. The number of urea groups is 1. The fourth-order valence-corrected chi connectivity index (χ4v) is 7.26. The molecule has 3 N–H and O–H groups in total. The van der Waals surface area contributed by atoms with E-state index in [1.807, 2.05) is 56.3 Å². The lowest BCUT2D eigenvalue weighted by Gasteiger charge is -2.35. The van der Waals surface area contributed by atoms with Crippen molar-refractivity contribution in [2.75, 3.05) is 44.0 Å². The van der Waals surface area contributed by atoms with Crippen LogP contribution in [0.2, 0.25) is 0 Å². The first-order valence-electron chi connectivity index (χ1n) is 17.2. The van der Waals surface area contributed by atoms with Crippen LogP contribution in [-0.4, -0.2) is 95.8 Å². The topological polar surface area (TPSA) is 155 Å². The van der Waals surface area contributed by atoms with Crippen molar-refractivity contribution in [1.82, 2.24) is 18.8 Å². The van der Waals surface area contributed by atoms with Gasteiger partial charge in [0.25, 0.3) is 15.9 Å². The summed E-state index contributed by atoms with van der Waals surface area (Å²) in [7, 11) is -0.703. The minimum atomic E-state index is -3.90. The summed E-state index contributed by atoms with van der Waals surface area (Å²) in [5.74, 6) is -0.390. The van der Waals surface area contributed by atoms with Crippen LogP contribution in [0.5, 0.6) is 5.75 Å². The van der Waals surface area contributed by atoms with Crippen LogP contribution in [0, 0.1) is 5.92 Å². The number of carbonyl (C=O) groups excluding carboxylic acids is 2. The summed E-state index contributed by atoms with van der Waals surface area (Å²) in [4.78, 5) is 33.2. The van der Waals surface area contributed by atoms with Gasteiger partial charge in [-0.15, -0.1) is 0 Å². The maximum atomic E-state index is 14.5. The molecule has 4 aromatic rings. The Hall–Kier alpha value is -4.50. The number of nitrogens with zero attached hydrogens (tertiary/aromatic N) is 4. The minimum Gasteiger partial charge on any atom is -0.490 e. The summed E-state index contributed by atoms with van der Waals surface area (Å²) in [6.07, 6.45) is 4.28. The summed E-state index contributed by atoms with van der Waals surface area (Å²) >= 11 is 0. The number of rotatable bonds is 8. The maximum absolute atomic E-state index is 14.5. The highest BCUT2D eigenvalue weighted by Gasteiger charge is 2.33. The van der Waals surface area contributed by atoms with Gasteiger partial charge in [0.1, 0.15) is 5.75 Å². The highest BCUT2D eigenvalue weighted by Crippen LogP contribution is 2.29. The predicted molar refractivity (Wildman–Crippen MR) is 196 cm³/mol. The fourth-order valence-electron chi connectivity index (χ4n) is 6.12. The molecule has 274 valence electrons. The molecule has 14 heteroatoms. The zero-order chi connectivity index (χ0) is 36.7.